The second-order valence-electron chi connectivity index (χ2n) is 3.21. The van der Waals surface area contributed by atoms with Gasteiger partial charge in [-0.15, -0.1) is 11.6 Å². The fourth-order valence-electron chi connectivity index (χ4n) is 1.20. The standard InChI is InChI=1S/C11H14ClF2NO/c12-3-5-16-6-4-15-8-9-7-10(13)1-2-11(9)14/h1-2,7,15H,3-6,8H2. The highest BCUT2D eigenvalue weighted by atomic mass is 35.5. The van der Waals surface area contributed by atoms with Crippen LogP contribution in [0.1, 0.15) is 5.56 Å². The van der Waals surface area contributed by atoms with E-state index in [0.29, 0.717) is 31.2 Å². The molecular formula is C11H14ClF2NO. The third-order valence-electron chi connectivity index (χ3n) is 1.97. The van der Waals surface area contributed by atoms with Gasteiger partial charge in [-0.2, -0.15) is 0 Å². The maximum absolute atomic E-state index is 13.1. The van der Waals surface area contributed by atoms with E-state index in [2.05, 4.69) is 5.32 Å². The van der Waals surface area contributed by atoms with Crippen molar-refractivity contribution in [3.63, 3.8) is 0 Å². The summed E-state index contributed by atoms with van der Waals surface area (Å²) in [6, 6.07) is 3.40. The number of ether oxygens (including phenoxy) is 1. The molecular weight excluding hydrogens is 236 g/mol. The average molecular weight is 250 g/mol. The smallest absolute Gasteiger partial charge is 0.127 e. The molecule has 0 heterocycles. The van der Waals surface area contributed by atoms with Crippen molar-refractivity contribution in [1.29, 1.82) is 0 Å². The van der Waals surface area contributed by atoms with E-state index in [0.717, 1.165) is 12.1 Å². The van der Waals surface area contributed by atoms with Gasteiger partial charge in [0.25, 0.3) is 0 Å². The number of rotatable bonds is 7. The monoisotopic (exact) mass is 249 g/mol. The Morgan fingerprint density at radius 2 is 2.06 bits per heavy atom. The molecule has 0 atom stereocenters. The van der Waals surface area contributed by atoms with Crippen molar-refractivity contribution < 1.29 is 13.5 Å². The van der Waals surface area contributed by atoms with E-state index >= 15 is 0 Å². The van der Waals surface area contributed by atoms with Crippen LogP contribution in [0.25, 0.3) is 0 Å². The van der Waals surface area contributed by atoms with Crippen molar-refractivity contribution in [2.75, 3.05) is 25.6 Å². The topological polar surface area (TPSA) is 21.3 Å². The zero-order valence-electron chi connectivity index (χ0n) is 8.81. The fourth-order valence-corrected chi connectivity index (χ4v) is 1.31. The van der Waals surface area contributed by atoms with Crippen LogP contribution >= 0.6 is 11.6 Å². The van der Waals surface area contributed by atoms with E-state index in [9.17, 15) is 8.78 Å². The maximum atomic E-state index is 13.1. The Kier molecular flexibility index (Phi) is 6.30. The SMILES string of the molecule is Fc1ccc(F)c(CNCCOCCCl)c1. The summed E-state index contributed by atoms with van der Waals surface area (Å²) in [7, 11) is 0. The average Bonchev–Trinajstić information content (AvgIpc) is 2.28. The minimum atomic E-state index is -0.434. The minimum absolute atomic E-state index is 0.286. The second kappa shape index (κ2) is 7.54. The zero-order valence-corrected chi connectivity index (χ0v) is 9.57. The van der Waals surface area contributed by atoms with Gasteiger partial charge < -0.3 is 10.1 Å². The molecule has 0 spiro atoms. The first kappa shape index (κ1) is 13.4. The van der Waals surface area contributed by atoms with Gasteiger partial charge in [0.1, 0.15) is 11.6 Å². The third kappa shape index (κ3) is 4.88. The van der Waals surface area contributed by atoms with E-state index in [1.807, 2.05) is 0 Å². The first-order chi connectivity index (χ1) is 7.74. The van der Waals surface area contributed by atoms with Gasteiger partial charge in [-0.3, -0.25) is 0 Å². The van der Waals surface area contributed by atoms with E-state index in [4.69, 9.17) is 16.3 Å². The lowest BCUT2D eigenvalue weighted by Gasteiger charge is -2.06. The van der Waals surface area contributed by atoms with Gasteiger partial charge >= 0.3 is 0 Å². The Morgan fingerprint density at radius 1 is 1.25 bits per heavy atom. The normalized spacial score (nSPS) is 10.7. The van der Waals surface area contributed by atoms with Crippen molar-refractivity contribution in [2.24, 2.45) is 0 Å². The molecule has 5 heteroatoms. The molecule has 90 valence electrons. The molecule has 0 aliphatic rings. The van der Waals surface area contributed by atoms with E-state index in [1.54, 1.807) is 0 Å². The van der Waals surface area contributed by atoms with Crippen LogP contribution in [0.4, 0.5) is 8.78 Å². The van der Waals surface area contributed by atoms with Crippen molar-refractivity contribution in [2.45, 2.75) is 6.54 Å². The predicted octanol–water partition coefficient (Wildman–Crippen LogP) is 2.31. The number of benzene rings is 1. The summed E-state index contributed by atoms with van der Waals surface area (Å²) in [6.45, 7) is 1.86. The second-order valence-corrected chi connectivity index (χ2v) is 3.59. The van der Waals surface area contributed by atoms with Gasteiger partial charge in [-0.05, 0) is 18.2 Å². The molecule has 0 aromatic heterocycles. The van der Waals surface area contributed by atoms with Crippen LogP contribution in [0.5, 0.6) is 0 Å². The highest BCUT2D eigenvalue weighted by Crippen LogP contribution is 2.08. The molecule has 0 saturated carbocycles. The lowest BCUT2D eigenvalue weighted by molar-refractivity contribution is 0.150. The molecule has 2 nitrogen and oxygen atoms in total. The molecule has 0 fully saturated rings. The minimum Gasteiger partial charge on any atom is -0.379 e. The molecule has 1 aromatic rings. The highest BCUT2D eigenvalue weighted by molar-refractivity contribution is 6.17. The fraction of sp³-hybridized carbons (Fsp3) is 0.455. The highest BCUT2D eigenvalue weighted by Gasteiger charge is 2.02. The molecule has 16 heavy (non-hydrogen) atoms. The summed E-state index contributed by atoms with van der Waals surface area (Å²) in [4.78, 5) is 0. The van der Waals surface area contributed by atoms with Crippen LogP contribution in [0, 0.1) is 11.6 Å². The third-order valence-corrected chi connectivity index (χ3v) is 2.12. The molecule has 0 radical (unpaired) electrons. The summed E-state index contributed by atoms with van der Waals surface area (Å²) < 4.78 is 31.0. The lowest BCUT2D eigenvalue weighted by Crippen LogP contribution is -2.20. The van der Waals surface area contributed by atoms with Gasteiger partial charge in [-0.25, -0.2) is 8.78 Å². The molecule has 0 aliphatic carbocycles. The van der Waals surface area contributed by atoms with Gasteiger partial charge in [0.15, 0.2) is 0 Å². The van der Waals surface area contributed by atoms with Crippen molar-refractivity contribution in [3.05, 3.63) is 35.4 Å². The number of hydrogen-bond acceptors (Lipinski definition) is 2. The van der Waals surface area contributed by atoms with Crippen LogP contribution in [-0.2, 0) is 11.3 Å². The Morgan fingerprint density at radius 3 is 2.81 bits per heavy atom. The molecule has 1 N–H and O–H groups in total. The summed E-state index contributed by atoms with van der Waals surface area (Å²) in [5.74, 6) is -0.384. The molecule has 0 bridgehead atoms. The summed E-state index contributed by atoms with van der Waals surface area (Å²) in [5, 5.41) is 2.95. The lowest BCUT2D eigenvalue weighted by atomic mass is 10.2. The van der Waals surface area contributed by atoms with Crippen LogP contribution in [-0.4, -0.2) is 25.6 Å². The van der Waals surface area contributed by atoms with Gasteiger partial charge in [0.05, 0.1) is 13.2 Å². The molecule has 0 saturated heterocycles. The number of halogens is 3. The Balaban J connectivity index is 2.23. The first-order valence-corrected chi connectivity index (χ1v) is 5.56. The van der Waals surface area contributed by atoms with Gasteiger partial charge in [0, 0.05) is 24.5 Å². The number of nitrogens with one attached hydrogen (secondary N) is 1. The Bertz CT molecular complexity index is 323. The molecule has 1 rings (SSSR count). The van der Waals surface area contributed by atoms with Gasteiger partial charge in [-0.1, -0.05) is 0 Å². The Labute approximate surface area is 98.6 Å². The summed E-state index contributed by atoms with van der Waals surface area (Å²) >= 11 is 5.41. The number of alkyl halides is 1. The van der Waals surface area contributed by atoms with Crippen LogP contribution in [0.3, 0.4) is 0 Å². The number of hydrogen-bond donors (Lipinski definition) is 1. The van der Waals surface area contributed by atoms with Crippen molar-refractivity contribution in [3.8, 4) is 0 Å². The Hall–Kier alpha value is -0.710. The van der Waals surface area contributed by atoms with Gasteiger partial charge in [0.2, 0.25) is 0 Å². The molecule has 0 unspecified atom stereocenters. The summed E-state index contributed by atoms with van der Waals surface area (Å²) in [6.07, 6.45) is 0. The first-order valence-electron chi connectivity index (χ1n) is 5.02. The maximum Gasteiger partial charge on any atom is 0.127 e. The molecule has 0 amide bonds. The van der Waals surface area contributed by atoms with E-state index in [-0.39, 0.29) is 6.54 Å². The van der Waals surface area contributed by atoms with E-state index < -0.39 is 11.6 Å². The predicted molar refractivity (Wildman–Crippen MR) is 59.6 cm³/mol. The van der Waals surface area contributed by atoms with Crippen LogP contribution in [0.15, 0.2) is 18.2 Å². The zero-order chi connectivity index (χ0) is 11.8. The van der Waals surface area contributed by atoms with Crippen LogP contribution < -0.4 is 5.32 Å². The summed E-state index contributed by atoms with van der Waals surface area (Å²) in [5.41, 5.74) is 0.317. The quantitative estimate of drug-likeness (QED) is 0.592. The van der Waals surface area contributed by atoms with E-state index in [1.165, 1.54) is 6.07 Å². The molecule has 1 aromatic carbocycles. The largest absolute Gasteiger partial charge is 0.379 e. The van der Waals surface area contributed by atoms with Crippen LogP contribution in [0.2, 0.25) is 0 Å². The van der Waals surface area contributed by atoms with Crippen molar-refractivity contribution in [1.82, 2.24) is 5.32 Å². The van der Waals surface area contributed by atoms with Crippen molar-refractivity contribution >= 4 is 11.6 Å². The molecule has 0 aliphatic heterocycles.